The zero-order valence-electron chi connectivity index (χ0n) is 11.6. The molecule has 1 aromatic carbocycles. The molecule has 1 aromatic rings. The fourth-order valence-electron chi connectivity index (χ4n) is 3.08. The summed E-state index contributed by atoms with van der Waals surface area (Å²) in [5.41, 5.74) is 0.525. The van der Waals surface area contributed by atoms with Crippen LogP contribution in [-0.4, -0.2) is 12.1 Å². The van der Waals surface area contributed by atoms with Crippen LogP contribution in [0.1, 0.15) is 50.5 Å². The Hall–Kier alpha value is -1.58. The molecule has 2 amide bonds. The molecule has 0 aliphatic heterocycles. The van der Waals surface area contributed by atoms with E-state index in [1.54, 1.807) is 6.07 Å². The van der Waals surface area contributed by atoms with E-state index in [9.17, 15) is 9.18 Å². The first-order chi connectivity index (χ1) is 9.68. The molecule has 2 aliphatic rings. The van der Waals surface area contributed by atoms with Gasteiger partial charge in [0.1, 0.15) is 5.82 Å². The van der Waals surface area contributed by atoms with Crippen molar-refractivity contribution in [1.82, 2.24) is 10.6 Å². The molecular weight excluding hydrogens is 255 g/mol. The highest BCUT2D eigenvalue weighted by Gasteiger charge is 2.46. The summed E-state index contributed by atoms with van der Waals surface area (Å²) in [5.74, 6) is -0.247. The summed E-state index contributed by atoms with van der Waals surface area (Å²) in [6.45, 7) is 0. The van der Waals surface area contributed by atoms with E-state index in [1.807, 2.05) is 6.07 Å². The zero-order chi connectivity index (χ0) is 14.0. The van der Waals surface area contributed by atoms with E-state index in [0.717, 1.165) is 31.2 Å². The largest absolute Gasteiger partial charge is 0.335 e. The van der Waals surface area contributed by atoms with Gasteiger partial charge in [-0.3, -0.25) is 0 Å². The third kappa shape index (κ3) is 2.94. The SMILES string of the molecule is O=C(NC1CCCCC1)NC1(c2cccc(F)c2)CC1. The number of hydrogen-bond acceptors (Lipinski definition) is 1. The highest BCUT2D eigenvalue weighted by atomic mass is 19.1. The predicted molar refractivity (Wildman–Crippen MR) is 75.9 cm³/mol. The molecular formula is C16H21FN2O. The third-order valence-electron chi connectivity index (χ3n) is 4.42. The van der Waals surface area contributed by atoms with Crippen molar-refractivity contribution < 1.29 is 9.18 Å². The third-order valence-corrected chi connectivity index (χ3v) is 4.42. The van der Waals surface area contributed by atoms with Gasteiger partial charge in [0.25, 0.3) is 0 Å². The average Bonchev–Trinajstić information content (AvgIpc) is 3.20. The Labute approximate surface area is 118 Å². The molecule has 0 aromatic heterocycles. The van der Waals surface area contributed by atoms with E-state index in [0.29, 0.717) is 6.04 Å². The van der Waals surface area contributed by atoms with Gasteiger partial charge in [-0.15, -0.1) is 0 Å². The van der Waals surface area contributed by atoms with Gasteiger partial charge in [0.2, 0.25) is 0 Å². The van der Waals surface area contributed by atoms with E-state index in [2.05, 4.69) is 10.6 Å². The van der Waals surface area contributed by atoms with Gasteiger partial charge in [-0.05, 0) is 43.4 Å². The Morgan fingerprint density at radius 3 is 2.60 bits per heavy atom. The molecule has 0 saturated heterocycles. The molecule has 2 N–H and O–H groups in total. The highest BCUT2D eigenvalue weighted by Crippen LogP contribution is 2.45. The van der Waals surface area contributed by atoms with Crippen molar-refractivity contribution in [1.29, 1.82) is 0 Å². The lowest BCUT2D eigenvalue weighted by atomic mass is 9.96. The Kier molecular flexibility index (Phi) is 3.64. The number of urea groups is 1. The van der Waals surface area contributed by atoms with Gasteiger partial charge in [0.15, 0.2) is 0 Å². The number of halogens is 1. The Bertz CT molecular complexity index is 493. The van der Waals surface area contributed by atoms with Crippen LogP contribution >= 0.6 is 0 Å². The second kappa shape index (κ2) is 5.43. The van der Waals surface area contributed by atoms with Crippen LogP contribution in [0.2, 0.25) is 0 Å². The number of benzene rings is 1. The molecule has 2 aliphatic carbocycles. The van der Waals surface area contributed by atoms with Crippen LogP contribution in [0.25, 0.3) is 0 Å². The van der Waals surface area contributed by atoms with E-state index in [-0.39, 0.29) is 17.4 Å². The van der Waals surface area contributed by atoms with Crippen molar-refractivity contribution in [3.63, 3.8) is 0 Å². The summed E-state index contributed by atoms with van der Waals surface area (Å²) >= 11 is 0. The minimum atomic E-state index is -0.346. The predicted octanol–water partition coefficient (Wildman–Crippen LogP) is 3.45. The van der Waals surface area contributed by atoms with Crippen molar-refractivity contribution in [2.24, 2.45) is 0 Å². The minimum absolute atomic E-state index is 0.112. The molecule has 108 valence electrons. The molecule has 0 bridgehead atoms. The topological polar surface area (TPSA) is 41.1 Å². The molecule has 0 unspecified atom stereocenters. The molecule has 2 saturated carbocycles. The fourth-order valence-corrected chi connectivity index (χ4v) is 3.08. The first-order valence-electron chi connectivity index (χ1n) is 7.53. The highest BCUT2D eigenvalue weighted by molar-refractivity contribution is 5.76. The van der Waals surface area contributed by atoms with Crippen molar-refractivity contribution in [2.75, 3.05) is 0 Å². The van der Waals surface area contributed by atoms with Gasteiger partial charge >= 0.3 is 6.03 Å². The molecule has 0 atom stereocenters. The van der Waals surface area contributed by atoms with Gasteiger partial charge in [-0.25, -0.2) is 9.18 Å². The van der Waals surface area contributed by atoms with E-state index in [4.69, 9.17) is 0 Å². The van der Waals surface area contributed by atoms with Crippen molar-refractivity contribution in [2.45, 2.75) is 56.5 Å². The number of carbonyl (C=O) groups is 1. The maximum atomic E-state index is 13.3. The first-order valence-corrected chi connectivity index (χ1v) is 7.53. The summed E-state index contributed by atoms with van der Waals surface area (Å²) < 4.78 is 13.3. The molecule has 4 heteroatoms. The summed E-state index contributed by atoms with van der Waals surface area (Å²) in [4.78, 5) is 12.1. The smallest absolute Gasteiger partial charge is 0.315 e. The van der Waals surface area contributed by atoms with Gasteiger partial charge in [-0.2, -0.15) is 0 Å². The molecule has 0 heterocycles. The zero-order valence-corrected chi connectivity index (χ0v) is 11.6. The fraction of sp³-hybridized carbons (Fsp3) is 0.562. The van der Waals surface area contributed by atoms with Gasteiger partial charge < -0.3 is 10.6 Å². The van der Waals surface area contributed by atoms with E-state index < -0.39 is 0 Å². The molecule has 2 fully saturated rings. The van der Waals surface area contributed by atoms with Crippen LogP contribution in [0.15, 0.2) is 24.3 Å². The lowest BCUT2D eigenvalue weighted by molar-refractivity contribution is 0.227. The molecule has 20 heavy (non-hydrogen) atoms. The Morgan fingerprint density at radius 2 is 1.95 bits per heavy atom. The van der Waals surface area contributed by atoms with Gasteiger partial charge in [-0.1, -0.05) is 31.4 Å². The number of hydrogen-bond donors (Lipinski definition) is 2. The monoisotopic (exact) mass is 276 g/mol. The van der Waals surface area contributed by atoms with Gasteiger partial charge in [0, 0.05) is 6.04 Å². The lowest BCUT2D eigenvalue weighted by Gasteiger charge is -2.25. The average molecular weight is 276 g/mol. The van der Waals surface area contributed by atoms with Crippen LogP contribution in [0.4, 0.5) is 9.18 Å². The normalized spacial score (nSPS) is 21.2. The molecule has 3 rings (SSSR count). The molecule has 3 nitrogen and oxygen atoms in total. The Balaban J connectivity index is 1.60. The second-order valence-electron chi connectivity index (χ2n) is 6.03. The van der Waals surface area contributed by atoms with Crippen LogP contribution in [0.5, 0.6) is 0 Å². The minimum Gasteiger partial charge on any atom is -0.335 e. The van der Waals surface area contributed by atoms with E-state index in [1.165, 1.54) is 31.4 Å². The van der Waals surface area contributed by atoms with Crippen LogP contribution in [-0.2, 0) is 5.54 Å². The van der Waals surface area contributed by atoms with Crippen LogP contribution < -0.4 is 10.6 Å². The van der Waals surface area contributed by atoms with Crippen molar-refractivity contribution in [3.8, 4) is 0 Å². The number of rotatable bonds is 3. The van der Waals surface area contributed by atoms with Crippen LogP contribution in [0.3, 0.4) is 0 Å². The van der Waals surface area contributed by atoms with E-state index >= 15 is 0 Å². The summed E-state index contributed by atoms with van der Waals surface area (Å²) in [6, 6.07) is 6.73. The number of amides is 2. The van der Waals surface area contributed by atoms with Crippen molar-refractivity contribution in [3.05, 3.63) is 35.6 Å². The molecule has 0 radical (unpaired) electrons. The number of nitrogens with one attached hydrogen (secondary N) is 2. The Morgan fingerprint density at radius 1 is 1.20 bits per heavy atom. The lowest BCUT2D eigenvalue weighted by Crippen LogP contribution is -2.46. The quantitative estimate of drug-likeness (QED) is 0.872. The van der Waals surface area contributed by atoms with Gasteiger partial charge in [0.05, 0.1) is 5.54 Å². The maximum Gasteiger partial charge on any atom is 0.315 e. The second-order valence-corrected chi connectivity index (χ2v) is 6.03. The number of carbonyl (C=O) groups excluding carboxylic acids is 1. The summed E-state index contributed by atoms with van der Waals surface area (Å²) in [7, 11) is 0. The van der Waals surface area contributed by atoms with Crippen LogP contribution in [0, 0.1) is 5.82 Å². The van der Waals surface area contributed by atoms with Crippen molar-refractivity contribution >= 4 is 6.03 Å². The summed E-state index contributed by atoms with van der Waals surface area (Å²) in [6.07, 6.45) is 7.57. The maximum absolute atomic E-state index is 13.3. The standard InChI is InChI=1S/C16H21FN2O/c17-13-6-4-5-12(11-13)16(9-10-16)19-15(20)18-14-7-2-1-3-8-14/h4-6,11,14H,1-3,7-10H2,(H2,18,19,20). The summed E-state index contributed by atoms with van der Waals surface area (Å²) in [5, 5.41) is 6.10. The first kappa shape index (κ1) is 13.4. The molecule has 0 spiro atoms.